The van der Waals surface area contributed by atoms with Gasteiger partial charge in [0.1, 0.15) is 28.9 Å². The smallest absolute Gasteiger partial charge is 0.317 e. The number of hydrogen-bond donors (Lipinski definition) is 1. The number of nitrogens with one attached hydrogen (secondary N) is 1. The van der Waals surface area contributed by atoms with Gasteiger partial charge in [-0.05, 0) is 35.9 Å². The van der Waals surface area contributed by atoms with Crippen LogP contribution in [0.1, 0.15) is 5.56 Å². The Bertz CT molecular complexity index is 1060. The Kier molecular flexibility index (Phi) is 7.56. The first kappa shape index (κ1) is 23.8. The van der Waals surface area contributed by atoms with Gasteiger partial charge in [0, 0.05) is 32.7 Å². The number of rotatable bonds is 7. The average molecular weight is 475 g/mol. The maximum atomic E-state index is 13.9. The number of alkyl halides is 2. The van der Waals surface area contributed by atoms with Crippen LogP contribution >= 0.6 is 0 Å². The van der Waals surface area contributed by atoms with Gasteiger partial charge in [0.15, 0.2) is 0 Å². The standard InChI is InChI=1S/C20H21F4N3O4S/c21-15-4-5-17(22)18(11-15)32(29,30)27-8-6-26(7-9-27)20(28)25-12-14-2-1-3-16(10-14)31-13-19(23)24/h1-5,10-11,19H,6-9,12-13H2,(H,25,28). The van der Waals surface area contributed by atoms with E-state index in [9.17, 15) is 30.8 Å². The molecule has 3 rings (SSSR count). The summed E-state index contributed by atoms with van der Waals surface area (Å²) in [4.78, 5) is 13.1. The molecule has 1 heterocycles. The summed E-state index contributed by atoms with van der Waals surface area (Å²) >= 11 is 0. The molecule has 0 aliphatic carbocycles. The fraction of sp³-hybridized carbons (Fsp3) is 0.350. The second-order valence-electron chi connectivity index (χ2n) is 6.97. The first-order valence-electron chi connectivity index (χ1n) is 9.64. The van der Waals surface area contributed by atoms with Gasteiger partial charge in [-0.15, -0.1) is 0 Å². The second kappa shape index (κ2) is 10.2. The number of sulfonamides is 1. The molecule has 1 aliphatic rings. The van der Waals surface area contributed by atoms with E-state index in [1.165, 1.54) is 17.0 Å². The summed E-state index contributed by atoms with van der Waals surface area (Å²) in [6, 6.07) is 8.11. The highest BCUT2D eigenvalue weighted by atomic mass is 32.2. The molecule has 2 aromatic rings. The lowest BCUT2D eigenvalue weighted by atomic mass is 10.2. The minimum Gasteiger partial charge on any atom is -0.488 e. The highest BCUT2D eigenvalue weighted by Crippen LogP contribution is 2.22. The van der Waals surface area contributed by atoms with Crippen molar-refractivity contribution in [1.29, 1.82) is 0 Å². The van der Waals surface area contributed by atoms with E-state index in [-0.39, 0.29) is 38.5 Å². The van der Waals surface area contributed by atoms with E-state index < -0.39 is 45.6 Å². The van der Waals surface area contributed by atoms with Gasteiger partial charge in [-0.3, -0.25) is 0 Å². The number of carbonyl (C=O) groups is 1. The van der Waals surface area contributed by atoms with Crippen LogP contribution in [0.25, 0.3) is 0 Å². The molecule has 174 valence electrons. The van der Waals surface area contributed by atoms with Gasteiger partial charge < -0.3 is 15.0 Å². The third-order valence-corrected chi connectivity index (χ3v) is 6.67. The number of hydrogen-bond acceptors (Lipinski definition) is 4. The van der Waals surface area contributed by atoms with E-state index in [4.69, 9.17) is 4.74 Å². The Morgan fingerprint density at radius 1 is 1.06 bits per heavy atom. The number of carbonyl (C=O) groups excluding carboxylic acids is 1. The molecule has 7 nitrogen and oxygen atoms in total. The molecule has 2 amide bonds. The molecule has 0 saturated carbocycles. The normalized spacial score (nSPS) is 15.1. The molecule has 1 aliphatic heterocycles. The monoisotopic (exact) mass is 475 g/mol. The predicted octanol–water partition coefficient (Wildman–Crippen LogP) is 2.82. The molecule has 0 spiro atoms. The Morgan fingerprint density at radius 2 is 1.78 bits per heavy atom. The van der Waals surface area contributed by atoms with Crippen LogP contribution in [-0.2, 0) is 16.6 Å². The number of halogens is 4. The van der Waals surface area contributed by atoms with Crippen molar-refractivity contribution in [3.63, 3.8) is 0 Å². The zero-order valence-corrected chi connectivity index (χ0v) is 17.6. The Hall–Kier alpha value is -2.86. The Morgan fingerprint density at radius 3 is 2.47 bits per heavy atom. The van der Waals surface area contributed by atoms with Crippen molar-refractivity contribution in [2.24, 2.45) is 0 Å². The van der Waals surface area contributed by atoms with E-state index in [0.29, 0.717) is 11.6 Å². The van der Waals surface area contributed by atoms with Crippen LogP contribution in [-0.4, -0.2) is 62.9 Å². The van der Waals surface area contributed by atoms with Crippen LogP contribution in [0, 0.1) is 11.6 Å². The zero-order valence-electron chi connectivity index (χ0n) is 16.8. The molecule has 2 aromatic carbocycles. The van der Waals surface area contributed by atoms with Crippen molar-refractivity contribution in [1.82, 2.24) is 14.5 Å². The molecule has 0 atom stereocenters. The third kappa shape index (κ3) is 5.88. The number of nitrogens with zero attached hydrogens (tertiary/aromatic N) is 2. The molecular weight excluding hydrogens is 454 g/mol. The quantitative estimate of drug-likeness (QED) is 0.625. The first-order chi connectivity index (χ1) is 15.2. The van der Waals surface area contributed by atoms with Gasteiger partial charge in [-0.1, -0.05) is 12.1 Å². The summed E-state index contributed by atoms with van der Waals surface area (Å²) in [6.45, 7) is -0.676. The number of amides is 2. The molecule has 0 unspecified atom stereocenters. The van der Waals surface area contributed by atoms with Crippen LogP contribution in [0.15, 0.2) is 47.4 Å². The minimum absolute atomic E-state index is 0.0551. The van der Waals surface area contributed by atoms with Gasteiger partial charge in [0.25, 0.3) is 6.43 Å². The second-order valence-corrected chi connectivity index (χ2v) is 8.88. The fourth-order valence-corrected chi connectivity index (χ4v) is 4.64. The summed E-state index contributed by atoms with van der Waals surface area (Å²) in [6.07, 6.45) is -2.60. The van der Waals surface area contributed by atoms with Crippen LogP contribution in [0.3, 0.4) is 0 Å². The molecule has 0 radical (unpaired) electrons. The largest absolute Gasteiger partial charge is 0.488 e. The minimum atomic E-state index is -4.24. The molecule has 0 bridgehead atoms. The molecule has 0 aromatic heterocycles. The summed E-state index contributed by atoms with van der Waals surface area (Å²) in [5.41, 5.74) is 0.632. The molecule has 32 heavy (non-hydrogen) atoms. The van der Waals surface area contributed by atoms with E-state index in [2.05, 4.69) is 5.32 Å². The molecule has 1 fully saturated rings. The van der Waals surface area contributed by atoms with Crippen molar-refractivity contribution in [3.05, 3.63) is 59.7 Å². The highest BCUT2D eigenvalue weighted by Gasteiger charge is 2.32. The Labute approximate surface area is 182 Å². The molecule has 1 saturated heterocycles. The number of piperazine rings is 1. The highest BCUT2D eigenvalue weighted by molar-refractivity contribution is 7.89. The van der Waals surface area contributed by atoms with Gasteiger partial charge in [-0.2, -0.15) is 4.31 Å². The van der Waals surface area contributed by atoms with Crippen molar-refractivity contribution in [2.45, 2.75) is 17.9 Å². The van der Waals surface area contributed by atoms with E-state index in [1.54, 1.807) is 12.1 Å². The summed E-state index contributed by atoms with van der Waals surface area (Å²) in [5, 5.41) is 2.67. The van der Waals surface area contributed by atoms with Crippen LogP contribution in [0.2, 0.25) is 0 Å². The predicted molar refractivity (Wildman–Crippen MR) is 107 cm³/mol. The summed E-state index contributed by atoms with van der Waals surface area (Å²) < 4.78 is 83.0. The molecule has 1 N–H and O–H groups in total. The van der Waals surface area contributed by atoms with Gasteiger partial charge >= 0.3 is 6.03 Å². The van der Waals surface area contributed by atoms with Gasteiger partial charge in [0.05, 0.1) is 0 Å². The van der Waals surface area contributed by atoms with Gasteiger partial charge in [0.2, 0.25) is 10.0 Å². The SMILES string of the molecule is O=C(NCc1cccc(OCC(F)F)c1)N1CCN(S(=O)(=O)c2cc(F)ccc2F)CC1. The number of benzene rings is 2. The lowest BCUT2D eigenvalue weighted by Crippen LogP contribution is -2.53. The lowest BCUT2D eigenvalue weighted by Gasteiger charge is -2.34. The number of ether oxygens (including phenoxy) is 1. The van der Waals surface area contributed by atoms with Gasteiger partial charge in [-0.25, -0.2) is 30.8 Å². The van der Waals surface area contributed by atoms with E-state index in [1.807, 2.05) is 0 Å². The van der Waals surface area contributed by atoms with Crippen molar-refractivity contribution in [2.75, 3.05) is 32.8 Å². The third-order valence-electron chi connectivity index (χ3n) is 4.76. The number of urea groups is 1. The van der Waals surface area contributed by atoms with Crippen LogP contribution in [0.5, 0.6) is 5.75 Å². The van der Waals surface area contributed by atoms with Crippen LogP contribution < -0.4 is 10.1 Å². The summed E-state index contributed by atoms with van der Waals surface area (Å²) in [5.74, 6) is -1.67. The molecular formula is C20H21F4N3O4S. The average Bonchev–Trinajstić information content (AvgIpc) is 2.78. The van der Waals surface area contributed by atoms with Crippen molar-refractivity contribution in [3.8, 4) is 5.75 Å². The fourth-order valence-electron chi connectivity index (χ4n) is 3.14. The zero-order chi connectivity index (χ0) is 23.3. The maximum Gasteiger partial charge on any atom is 0.317 e. The topological polar surface area (TPSA) is 79.0 Å². The van der Waals surface area contributed by atoms with Crippen molar-refractivity contribution >= 4 is 16.1 Å². The van der Waals surface area contributed by atoms with E-state index >= 15 is 0 Å². The lowest BCUT2D eigenvalue weighted by molar-refractivity contribution is 0.0818. The Balaban J connectivity index is 1.53. The van der Waals surface area contributed by atoms with Crippen LogP contribution in [0.4, 0.5) is 22.4 Å². The molecule has 12 heteroatoms. The summed E-state index contributed by atoms with van der Waals surface area (Å²) in [7, 11) is -4.24. The van der Waals surface area contributed by atoms with E-state index in [0.717, 1.165) is 16.4 Å². The maximum absolute atomic E-state index is 13.9. The first-order valence-corrected chi connectivity index (χ1v) is 11.1. The van der Waals surface area contributed by atoms with Crippen molar-refractivity contribution < 1.29 is 35.5 Å².